The molecule has 1 unspecified atom stereocenters. The molecule has 0 radical (unpaired) electrons. The molecule has 0 bridgehead atoms. The quantitative estimate of drug-likeness (QED) is 0.562. The van der Waals surface area contributed by atoms with Crippen molar-refractivity contribution >= 4 is 11.6 Å². The fourth-order valence-corrected chi connectivity index (χ4v) is 0.800. The molecule has 80 valence electrons. The van der Waals surface area contributed by atoms with E-state index < -0.39 is 6.10 Å². The Morgan fingerprint density at radius 3 is 2.67 bits per heavy atom. The van der Waals surface area contributed by atoms with Gasteiger partial charge in [0.15, 0.2) is 0 Å². The van der Waals surface area contributed by atoms with Gasteiger partial charge in [0.1, 0.15) is 0 Å². The SMILES string of the molecule is C/C(=N\NC(=O)c1ccncc1)C(C)O. The summed E-state index contributed by atoms with van der Waals surface area (Å²) in [6, 6.07) is 3.17. The number of nitrogens with zero attached hydrogens (tertiary/aromatic N) is 2. The van der Waals surface area contributed by atoms with Gasteiger partial charge in [0, 0.05) is 18.0 Å². The van der Waals surface area contributed by atoms with E-state index in [0.29, 0.717) is 11.3 Å². The third kappa shape index (κ3) is 3.47. The predicted molar refractivity (Wildman–Crippen MR) is 56.5 cm³/mol. The number of aliphatic hydroxyl groups excluding tert-OH is 1. The monoisotopic (exact) mass is 207 g/mol. The Hall–Kier alpha value is -1.75. The molecule has 0 saturated heterocycles. The molecule has 1 amide bonds. The molecule has 1 atom stereocenters. The van der Waals surface area contributed by atoms with Gasteiger partial charge in [-0.1, -0.05) is 0 Å². The van der Waals surface area contributed by atoms with Crippen LogP contribution < -0.4 is 5.43 Å². The molecule has 0 aliphatic rings. The lowest BCUT2D eigenvalue weighted by Crippen LogP contribution is -2.22. The topological polar surface area (TPSA) is 74.6 Å². The van der Waals surface area contributed by atoms with Crippen LogP contribution in [0.1, 0.15) is 24.2 Å². The zero-order valence-corrected chi connectivity index (χ0v) is 8.64. The van der Waals surface area contributed by atoms with E-state index in [1.54, 1.807) is 26.0 Å². The number of carbonyl (C=O) groups is 1. The van der Waals surface area contributed by atoms with Gasteiger partial charge in [0.2, 0.25) is 0 Å². The van der Waals surface area contributed by atoms with Crippen LogP contribution in [0, 0.1) is 0 Å². The van der Waals surface area contributed by atoms with E-state index in [4.69, 9.17) is 5.11 Å². The Bertz CT molecular complexity index is 360. The fourth-order valence-electron chi connectivity index (χ4n) is 0.800. The first-order valence-electron chi connectivity index (χ1n) is 4.54. The molecule has 0 aromatic carbocycles. The van der Waals surface area contributed by atoms with E-state index in [-0.39, 0.29) is 5.91 Å². The summed E-state index contributed by atoms with van der Waals surface area (Å²) in [4.78, 5) is 15.2. The van der Waals surface area contributed by atoms with Gasteiger partial charge in [-0.15, -0.1) is 0 Å². The molecular formula is C10H13N3O2. The number of hydrazone groups is 1. The number of aromatic nitrogens is 1. The van der Waals surface area contributed by atoms with Crippen molar-refractivity contribution in [1.82, 2.24) is 10.4 Å². The zero-order valence-electron chi connectivity index (χ0n) is 8.64. The van der Waals surface area contributed by atoms with Crippen LogP contribution in [0.4, 0.5) is 0 Å². The van der Waals surface area contributed by atoms with Crippen LogP contribution in [-0.2, 0) is 0 Å². The highest BCUT2D eigenvalue weighted by atomic mass is 16.3. The summed E-state index contributed by atoms with van der Waals surface area (Å²) in [7, 11) is 0. The summed E-state index contributed by atoms with van der Waals surface area (Å²) in [5.74, 6) is -0.322. The number of carbonyl (C=O) groups excluding carboxylic acids is 1. The standard InChI is InChI=1S/C10H13N3O2/c1-7(8(2)14)12-13-10(15)9-3-5-11-6-4-9/h3-6,8,14H,1-2H3,(H,13,15)/b12-7+. The number of hydrogen-bond donors (Lipinski definition) is 2. The average molecular weight is 207 g/mol. The van der Waals surface area contributed by atoms with E-state index in [9.17, 15) is 4.79 Å². The van der Waals surface area contributed by atoms with Gasteiger partial charge in [-0.2, -0.15) is 5.10 Å². The Labute approximate surface area is 87.8 Å². The normalized spacial score (nSPS) is 13.4. The van der Waals surface area contributed by atoms with Crippen molar-refractivity contribution in [2.75, 3.05) is 0 Å². The Morgan fingerprint density at radius 2 is 2.13 bits per heavy atom. The van der Waals surface area contributed by atoms with Crippen molar-refractivity contribution in [3.63, 3.8) is 0 Å². The minimum atomic E-state index is -0.664. The van der Waals surface area contributed by atoms with Gasteiger partial charge >= 0.3 is 0 Å². The Balaban J connectivity index is 2.62. The van der Waals surface area contributed by atoms with E-state index in [1.807, 2.05) is 0 Å². The third-order valence-corrected chi connectivity index (χ3v) is 1.88. The van der Waals surface area contributed by atoms with Crippen LogP contribution in [0.3, 0.4) is 0 Å². The van der Waals surface area contributed by atoms with Crippen LogP contribution in [0.5, 0.6) is 0 Å². The maximum Gasteiger partial charge on any atom is 0.271 e. The molecule has 1 aromatic heterocycles. The number of pyridine rings is 1. The molecular weight excluding hydrogens is 194 g/mol. The molecule has 1 rings (SSSR count). The van der Waals surface area contributed by atoms with Crippen LogP contribution in [-0.4, -0.2) is 27.8 Å². The first kappa shape index (κ1) is 11.3. The van der Waals surface area contributed by atoms with Crippen LogP contribution >= 0.6 is 0 Å². The molecule has 1 heterocycles. The fraction of sp³-hybridized carbons (Fsp3) is 0.300. The summed E-state index contributed by atoms with van der Waals surface area (Å²) >= 11 is 0. The van der Waals surface area contributed by atoms with Gasteiger partial charge in [0.05, 0.1) is 11.8 Å². The van der Waals surface area contributed by atoms with E-state index in [1.165, 1.54) is 12.4 Å². The van der Waals surface area contributed by atoms with E-state index >= 15 is 0 Å². The number of hydrogen-bond acceptors (Lipinski definition) is 4. The Kier molecular flexibility index (Phi) is 3.93. The lowest BCUT2D eigenvalue weighted by Gasteiger charge is -2.03. The second-order valence-electron chi connectivity index (χ2n) is 3.11. The molecule has 1 aromatic rings. The highest BCUT2D eigenvalue weighted by Gasteiger charge is 2.04. The number of aliphatic hydroxyl groups is 1. The van der Waals surface area contributed by atoms with Gasteiger partial charge in [-0.25, -0.2) is 5.43 Å². The molecule has 0 saturated carbocycles. The van der Waals surface area contributed by atoms with Crippen LogP contribution in [0.25, 0.3) is 0 Å². The summed E-state index contributed by atoms with van der Waals surface area (Å²) in [6.45, 7) is 3.22. The summed E-state index contributed by atoms with van der Waals surface area (Å²) in [6.07, 6.45) is 2.39. The lowest BCUT2D eigenvalue weighted by atomic mass is 10.2. The molecule has 0 aliphatic heterocycles. The molecule has 5 nitrogen and oxygen atoms in total. The van der Waals surface area contributed by atoms with Crippen molar-refractivity contribution in [3.05, 3.63) is 30.1 Å². The highest BCUT2D eigenvalue weighted by molar-refractivity contribution is 5.95. The number of rotatable bonds is 3. The van der Waals surface area contributed by atoms with Crippen molar-refractivity contribution in [2.45, 2.75) is 20.0 Å². The zero-order chi connectivity index (χ0) is 11.3. The second-order valence-corrected chi connectivity index (χ2v) is 3.11. The van der Waals surface area contributed by atoms with Crippen molar-refractivity contribution in [2.24, 2.45) is 5.10 Å². The minimum absolute atomic E-state index is 0.322. The molecule has 2 N–H and O–H groups in total. The van der Waals surface area contributed by atoms with Crippen molar-refractivity contribution in [3.8, 4) is 0 Å². The van der Waals surface area contributed by atoms with Crippen molar-refractivity contribution in [1.29, 1.82) is 0 Å². The molecule has 5 heteroatoms. The summed E-state index contributed by atoms with van der Waals surface area (Å²) < 4.78 is 0. The second kappa shape index (κ2) is 5.21. The molecule has 0 aliphatic carbocycles. The number of amides is 1. The largest absolute Gasteiger partial charge is 0.387 e. The minimum Gasteiger partial charge on any atom is -0.387 e. The molecule has 0 fully saturated rings. The first-order chi connectivity index (χ1) is 7.11. The summed E-state index contributed by atoms with van der Waals surface area (Å²) in [5.41, 5.74) is 3.28. The summed E-state index contributed by atoms with van der Waals surface area (Å²) in [5, 5.41) is 12.9. The van der Waals surface area contributed by atoms with Crippen LogP contribution in [0.2, 0.25) is 0 Å². The van der Waals surface area contributed by atoms with Gasteiger partial charge in [-0.05, 0) is 26.0 Å². The maximum atomic E-state index is 11.4. The molecule has 0 spiro atoms. The van der Waals surface area contributed by atoms with Gasteiger partial charge in [0.25, 0.3) is 5.91 Å². The van der Waals surface area contributed by atoms with E-state index in [2.05, 4.69) is 15.5 Å². The van der Waals surface area contributed by atoms with Crippen molar-refractivity contribution < 1.29 is 9.90 Å². The van der Waals surface area contributed by atoms with Crippen LogP contribution in [0.15, 0.2) is 29.6 Å². The van der Waals surface area contributed by atoms with Gasteiger partial charge in [-0.3, -0.25) is 9.78 Å². The highest BCUT2D eigenvalue weighted by Crippen LogP contribution is 1.95. The van der Waals surface area contributed by atoms with Gasteiger partial charge < -0.3 is 5.11 Å². The third-order valence-electron chi connectivity index (χ3n) is 1.88. The average Bonchev–Trinajstić information content (AvgIpc) is 2.26. The lowest BCUT2D eigenvalue weighted by molar-refractivity contribution is 0.0954. The Morgan fingerprint density at radius 1 is 1.53 bits per heavy atom. The smallest absolute Gasteiger partial charge is 0.271 e. The first-order valence-corrected chi connectivity index (χ1v) is 4.54. The van der Waals surface area contributed by atoms with E-state index in [0.717, 1.165) is 0 Å². The molecule has 15 heavy (non-hydrogen) atoms. The predicted octanol–water partition coefficient (Wildman–Crippen LogP) is 0.568. The number of nitrogens with one attached hydrogen (secondary N) is 1. The maximum absolute atomic E-state index is 11.4.